The first kappa shape index (κ1) is 18.9. The molecule has 0 bridgehead atoms. The third kappa shape index (κ3) is 4.07. The second-order valence-corrected chi connectivity index (χ2v) is 6.42. The Morgan fingerprint density at radius 2 is 1.38 bits per heavy atom. The molecule has 0 aliphatic rings. The summed E-state index contributed by atoms with van der Waals surface area (Å²) in [5.74, 6) is 0. The second-order valence-electron chi connectivity index (χ2n) is 6.42. The molecule has 2 atom stereocenters. The molecule has 16 heavy (non-hydrogen) atoms. The van der Waals surface area contributed by atoms with E-state index in [4.69, 9.17) is 0 Å². The molecule has 0 aliphatic heterocycles. The minimum absolute atomic E-state index is 0. The van der Waals surface area contributed by atoms with Gasteiger partial charge in [-0.1, -0.05) is 41.5 Å². The van der Waals surface area contributed by atoms with Crippen LogP contribution in [0.5, 0.6) is 0 Å². The van der Waals surface area contributed by atoms with E-state index in [2.05, 4.69) is 34.6 Å². The van der Waals surface area contributed by atoms with Crippen molar-refractivity contribution in [2.75, 3.05) is 0 Å². The van der Waals surface area contributed by atoms with Crippen LogP contribution in [0.25, 0.3) is 0 Å². The summed E-state index contributed by atoms with van der Waals surface area (Å²) >= 11 is 0. The van der Waals surface area contributed by atoms with Crippen LogP contribution in [0.3, 0.4) is 0 Å². The molecule has 0 fully saturated rings. The van der Waals surface area contributed by atoms with Crippen molar-refractivity contribution in [3.63, 3.8) is 0 Å². The molecule has 0 saturated carbocycles. The molecular weight excluding hydrogens is 195 g/mol. The van der Waals surface area contributed by atoms with Gasteiger partial charge in [0, 0.05) is 6.42 Å². The van der Waals surface area contributed by atoms with E-state index in [-0.39, 0.29) is 29.7 Å². The first-order valence-corrected chi connectivity index (χ1v) is 5.86. The molecule has 2 N–H and O–H groups in total. The first-order chi connectivity index (χ1) is 6.45. The van der Waals surface area contributed by atoms with Gasteiger partial charge in [0.25, 0.3) is 0 Å². The predicted octanol–water partition coefficient (Wildman–Crippen LogP) is 2.32. The molecule has 0 radical (unpaired) electrons. The van der Waals surface area contributed by atoms with Crippen molar-refractivity contribution in [2.24, 2.45) is 10.8 Å². The first-order valence-electron chi connectivity index (χ1n) is 5.86. The van der Waals surface area contributed by atoms with Crippen LogP contribution >= 0.6 is 0 Å². The van der Waals surface area contributed by atoms with Crippen LogP contribution in [0.2, 0.25) is 0 Å². The summed E-state index contributed by atoms with van der Waals surface area (Å²) in [5, 5.41) is 20.2. The van der Waals surface area contributed by atoms with Crippen molar-refractivity contribution in [3.8, 4) is 0 Å². The molecule has 0 rings (SSSR count). The van der Waals surface area contributed by atoms with Gasteiger partial charge in [-0.3, -0.25) is 0 Å². The van der Waals surface area contributed by atoms with Crippen molar-refractivity contribution in [3.05, 3.63) is 0 Å². The van der Waals surface area contributed by atoms with E-state index >= 15 is 0 Å². The SMILES string of the molecule is CCC(O)CC(C)(O)C(C)(C)C(C)(C)C.[LiH]. The van der Waals surface area contributed by atoms with Crippen molar-refractivity contribution in [1.29, 1.82) is 0 Å². The number of aliphatic hydroxyl groups is 2. The van der Waals surface area contributed by atoms with Gasteiger partial charge in [-0.2, -0.15) is 0 Å². The third-order valence-electron chi connectivity index (χ3n) is 4.33. The predicted molar refractivity (Wildman–Crippen MR) is 71.9 cm³/mol. The number of rotatable bonds is 4. The maximum absolute atomic E-state index is 10.5. The Bertz CT molecular complexity index is 204. The van der Waals surface area contributed by atoms with Crippen LogP contribution in [0.1, 0.15) is 61.3 Å². The van der Waals surface area contributed by atoms with Crippen LogP contribution < -0.4 is 0 Å². The summed E-state index contributed by atoms with van der Waals surface area (Å²) in [7, 11) is 0. The van der Waals surface area contributed by atoms with Gasteiger partial charge in [-0.15, -0.1) is 0 Å². The Hall–Kier alpha value is 0.517. The summed E-state index contributed by atoms with van der Waals surface area (Å²) < 4.78 is 0. The molecule has 2 unspecified atom stereocenters. The number of hydrogen-bond acceptors (Lipinski definition) is 2. The van der Waals surface area contributed by atoms with Gasteiger partial charge < -0.3 is 10.2 Å². The van der Waals surface area contributed by atoms with E-state index in [1.54, 1.807) is 0 Å². The normalized spacial score (nSPS) is 18.6. The average Bonchev–Trinajstić information content (AvgIpc) is 2.00. The van der Waals surface area contributed by atoms with E-state index in [1.807, 2.05) is 13.8 Å². The average molecular weight is 224 g/mol. The summed E-state index contributed by atoms with van der Waals surface area (Å²) in [6.45, 7) is 14.3. The van der Waals surface area contributed by atoms with Crippen molar-refractivity contribution in [1.82, 2.24) is 0 Å². The molecule has 0 saturated heterocycles. The summed E-state index contributed by atoms with van der Waals surface area (Å²) in [4.78, 5) is 0. The van der Waals surface area contributed by atoms with Gasteiger partial charge in [0.05, 0.1) is 11.7 Å². The Balaban J connectivity index is 0. The van der Waals surface area contributed by atoms with Crippen LogP contribution in [0.15, 0.2) is 0 Å². The zero-order valence-corrected chi connectivity index (χ0v) is 11.4. The van der Waals surface area contributed by atoms with Crippen LogP contribution in [0, 0.1) is 10.8 Å². The number of hydrogen-bond donors (Lipinski definition) is 2. The van der Waals surface area contributed by atoms with Gasteiger partial charge in [0.15, 0.2) is 0 Å². The molecule has 0 aromatic carbocycles. The molecular formula is C13H29LiO2. The van der Waals surface area contributed by atoms with E-state index in [1.165, 1.54) is 0 Å². The molecule has 0 heterocycles. The molecule has 0 spiro atoms. The number of aliphatic hydroxyl groups excluding tert-OH is 1. The zero-order chi connectivity index (χ0) is 12.5. The molecule has 3 heteroatoms. The molecule has 2 nitrogen and oxygen atoms in total. The van der Waals surface area contributed by atoms with Crippen LogP contribution in [-0.2, 0) is 0 Å². The molecule has 0 aliphatic carbocycles. The van der Waals surface area contributed by atoms with Crippen molar-refractivity contribution < 1.29 is 10.2 Å². The van der Waals surface area contributed by atoms with Crippen molar-refractivity contribution >= 4 is 18.9 Å². The van der Waals surface area contributed by atoms with E-state index in [9.17, 15) is 10.2 Å². The fraction of sp³-hybridized carbons (Fsp3) is 1.00. The summed E-state index contributed by atoms with van der Waals surface area (Å²) in [6, 6.07) is 0. The Morgan fingerprint density at radius 1 is 1.00 bits per heavy atom. The molecule has 0 aromatic heterocycles. The Morgan fingerprint density at radius 3 is 1.62 bits per heavy atom. The van der Waals surface area contributed by atoms with Crippen LogP contribution in [-0.4, -0.2) is 40.8 Å². The van der Waals surface area contributed by atoms with E-state index in [0.717, 1.165) is 0 Å². The zero-order valence-electron chi connectivity index (χ0n) is 11.4. The quantitative estimate of drug-likeness (QED) is 0.719. The Kier molecular flexibility index (Phi) is 6.97. The van der Waals surface area contributed by atoms with Crippen molar-refractivity contribution in [2.45, 2.75) is 73.0 Å². The minimum atomic E-state index is -0.847. The van der Waals surface area contributed by atoms with Gasteiger partial charge in [0.2, 0.25) is 0 Å². The summed E-state index contributed by atoms with van der Waals surface area (Å²) in [5.41, 5.74) is -1.08. The maximum atomic E-state index is 10.5. The van der Waals surface area contributed by atoms with E-state index < -0.39 is 11.7 Å². The Labute approximate surface area is 113 Å². The van der Waals surface area contributed by atoms with Gasteiger partial charge in [0.1, 0.15) is 0 Å². The molecule has 0 amide bonds. The molecule has 0 aromatic rings. The van der Waals surface area contributed by atoms with Gasteiger partial charge in [-0.25, -0.2) is 0 Å². The van der Waals surface area contributed by atoms with Gasteiger partial charge in [-0.05, 0) is 24.2 Å². The van der Waals surface area contributed by atoms with Crippen LogP contribution in [0.4, 0.5) is 0 Å². The topological polar surface area (TPSA) is 40.5 Å². The summed E-state index contributed by atoms with van der Waals surface area (Å²) in [6.07, 6.45) is 0.714. The monoisotopic (exact) mass is 224 g/mol. The van der Waals surface area contributed by atoms with E-state index in [0.29, 0.717) is 12.8 Å². The second kappa shape index (κ2) is 5.91. The molecule has 94 valence electrons. The van der Waals surface area contributed by atoms with Gasteiger partial charge >= 0.3 is 18.9 Å². The fourth-order valence-corrected chi connectivity index (χ4v) is 1.67. The fourth-order valence-electron chi connectivity index (χ4n) is 1.67. The third-order valence-corrected chi connectivity index (χ3v) is 4.33. The standard InChI is InChI=1S/C13H28O2.Li.H/c1-8-10(14)9-13(7,15)12(5,6)11(2,3)4;;/h10,14-15H,8-9H2,1-7H3;;.